The molecule has 0 aromatic heterocycles. The van der Waals surface area contributed by atoms with Crippen molar-refractivity contribution in [1.29, 1.82) is 0 Å². The fraction of sp³-hybridized carbons (Fsp3) is 0.462. The fourth-order valence-corrected chi connectivity index (χ4v) is 6.19. The topological polar surface area (TPSA) is 63.3 Å². The highest BCUT2D eigenvalue weighted by Gasteiger charge is 2.21. The molecule has 2 unspecified atom stereocenters. The standard InChI is InChI=1S/C39H51N3O4/c1-5-7-24-45-29(3)46-37-17-12-31(13-18-37)32-14-19-38-34(25-32)26-33(20-22-42(38)21-6-2)39(43)40-35-15-10-30(11-16-35)27-41(4)36-9-8-23-44-28-36/h10-19,25-26,29,36H,5-9,20-24,27-28H2,1-4H3,(H,40,43). The van der Waals surface area contributed by atoms with E-state index in [0.717, 1.165) is 92.2 Å². The minimum Gasteiger partial charge on any atom is -0.465 e. The normalized spacial score (nSPS) is 17.2. The van der Waals surface area contributed by atoms with Gasteiger partial charge in [-0.25, -0.2) is 0 Å². The van der Waals surface area contributed by atoms with Crippen molar-refractivity contribution < 1.29 is 19.0 Å². The number of nitrogens with zero attached hydrogens (tertiary/aromatic N) is 2. The second kappa shape index (κ2) is 16.8. The quantitative estimate of drug-likeness (QED) is 0.144. The molecule has 0 radical (unpaired) electrons. The maximum Gasteiger partial charge on any atom is 0.251 e. The van der Waals surface area contributed by atoms with Gasteiger partial charge in [-0.15, -0.1) is 0 Å². The summed E-state index contributed by atoms with van der Waals surface area (Å²) >= 11 is 0. The number of anilines is 2. The van der Waals surface area contributed by atoms with Crippen LogP contribution in [0.1, 0.15) is 70.4 Å². The van der Waals surface area contributed by atoms with Crippen molar-refractivity contribution in [1.82, 2.24) is 4.90 Å². The Morgan fingerprint density at radius 1 is 1.04 bits per heavy atom. The summed E-state index contributed by atoms with van der Waals surface area (Å²) in [5.41, 5.74) is 7.27. The molecular formula is C39H51N3O4. The Morgan fingerprint density at radius 3 is 2.54 bits per heavy atom. The maximum absolute atomic E-state index is 13.6. The summed E-state index contributed by atoms with van der Waals surface area (Å²) < 4.78 is 17.4. The SMILES string of the molecule is CCCCOC(C)Oc1ccc(-c2ccc3c(c2)C=C(C(=O)Nc2ccc(CN(C)C4CCCOC4)cc2)CCN3CCC)cc1. The number of benzene rings is 3. The number of nitrogens with one attached hydrogen (secondary N) is 1. The number of unbranched alkanes of at least 4 members (excludes halogenated alkanes) is 1. The molecule has 7 heteroatoms. The van der Waals surface area contributed by atoms with E-state index in [-0.39, 0.29) is 12.2 Å². The first-order valence-corrected chi connectivity index (χ1v) is 17.1. The summed E-state index contributed by atoms with van der Waals surface area (Å²) in [7, 11) is 2.16. The van der Waals surface area contributed by atoms with Crippen molar-refractivity contribution in [2.45, 2.75) is 78.2 Å². The number of ether oxygens (including phenoxy) is 3. The van der Waals surface area contributed by atoms with Gasteiger partial charge in [0, 0.05) is 49.2 Å². The summed E-state index contributed by atoms with van der Waals surface area (Å²) in [6.45, 7) is 11.3. The number of hydrogen-bond acceptors (Lipinski definition) is 6. The minimum absolute atomic E-state index is 0.0456. The largest absolute Gasteiger partial charge is 0.465 e. The molecule has 7 nitrogen and oxygen atoms in total. The Hall–Kier alpha value is -3.65. The van der Waals surface area contributed by atoms with Crippen molar-refractivity contribution in [3.63, 3.8) is 0 Å². The fourth-order valence-electron chi connectivity index (χ4n) is 6.19. The van der Waals surface area contributed by atoms with Gasteiger partial charge in [0.25, 0.3) is 5.91 Å². The van der Waals surface area contributed by atoms with Gasteiger partial charge in [0.2, 0.25) is 0 Å². The Kier molecular flexibility index (Phi) is 12.3. The molecule has 2 atom stereocenters. The van der Waals surface area contributed by atoms with Gasteiger partial charge in [-0.1, -0.05) is 50.6 Å². The van der Waals surface area contributed by atoms with Crippen LogP contribution in [0.3, 0.4) is 0 Å². The van der Waals surface area contributed by atoms with E-state index in [1.54, 1.807) is 0 Å². The van der Waals surface area contributed by atoms with Crippen molar-refractivity contribution >= 4 is 23.4 Å². The van der Waals surface area contributed by atoms with Crippen molar-refractivity contribution in [2.24, 2.45) is 0 Å². The molecular weight excluding hydrogens is 574 g/mol. The molecule has 1 saturated heterocycles. The van der Waals surface area contributed by atoms with E-state index >= 15 is 0 Å². The number of hydrogen-bond donors (Lipinski definition) is 1. The molecule has 1 N–H and O–H groups in total. The van der Waals surface area contributed by atoms with Crippen LogP contribution in [0, 0.1) is 0 Å². The predicted octanol–water partition coefficient (Wildman–Crippen LogP) is 8.15. The molecule has 0 bridgehead atoms. The van der Waals surface area contributed by atoms with E-state index in [1.807, 2.05) is 31.2 Å². The average Bonchev–Trinajstić information content (AvgIpc) is 3.26. The number of likely N-dealkylation sites (N-methyl/N-ethyl adjacent to an activating group) is 1. The second-order valence-electron chi connectivity index (χ2n) is 12.6. The van der Waals surface area contributed by atoms with Gasteiger partial charge in [-0.05, 0) is 111 Å². The van der Waals surface area contributed by atoms with Crippen LogP contribution in [0.5, 0.6) is 5.75 Å². The lowest BCUT2D eigenvalue weighted by Gasteiger charge is -2.31. The predicted molar refractivity (Wildman–Crippen MR) is 188 cm³/mol. The van der Waals surface area contributed by atoms with Crippen LogP contribution in [0.15, 0.2) is 72.3 Å². The summed E-state index contributed by atoms with van der Waals surface area (Å²) in [5, 5.41) is 3.16. The van der Waals surface area contributed by atoms with E-state index in [4.69, 9.17) is 14.2 Å². The van der Waals surface area contributed by atoms with Crippen LogP contribution in [0.25, 0.3) is 17.2 Å². The van der Waals surface area contributed by atoms with Gasteiger partial charge in [0.05, 0.1) is 13.2 Å². The summed E-state index contributed by atoms with van der Waals surface area (Å²) in [6, 6.07) is 23.4. The van der Waals surface area contributed by atoms with Crippen LogP contribution in [-0.2, 0) is 20.8 Å². The van der Waals surface area contributed by atoms with Gasteiger partial charge in [0.1, 0.15) is 5.75 Å². The van der Waals surface area contributed by atoms with E-state index in [9.17, 15) is 4.79 Å². The number of carbonyl (C=O) groups excluding carboxylic acids is 1. The van der Waals surface area contributed by atoms with Gasteiger partial charge in [-0.3, -0.25) is 9.69 Å². The first kappa shape index (κ1) is 33.7. The highest BCUT2D eigenvalue weighted by Crippen LogP contribution is 2.33. The molecule has 46 heavy (non-hydrogen) atoms. The van der Waals surface area contributed by atoms with Crippen LogP contribution in [0.4, 0.5) is 11.4 Å². The average molecular weight is 626 g/mol. The second-order valence-corrected chi connectivity index (χ2v) is 12.6. The first-order chi connectivity index (χ1) is 22.4. The smallest absolute Gasteiger partial charge is 0.251 e. The van der Waals surface area contributed by atoms with Crippen molar-refractivity contribution in [3.8, 4) is 16.9 Å². The maximum atomic E-state index is 13.6. The highest BCUT2D eigenvalue weighted by molar-refractivity contribution is 6.07. The molecule has 3 aromatic rings. The molecule has 0 saturated carbocycles. The Bertz CT molecular complexity index is 1430. The Balaban J connectivity index is 1.27. The molecule has 246 valence electrons. The van der Waals surface area contributed by atoms with Crippen LogP contribution in [-0.4, -0.2) is 63.1 Å². The highest BCUT2D eigenvalue weighted by atomic mass is 16.7. The third-order valence-electron chi connectivity index (χ3n) is 8.88. The molecule has 2 heterocycles. The van der Waals surface area contributed by atoms with Crippen LogP contribution < -0.4 is 15.0 Å². The lowest BCUT2D eigenvalue weighted by atomic mass is 10.00. The molecule has 5 rings (SSSR count). The zero-order chi connectivity index (χ0) is 32.3. The molecule has 0 aliphatic carbocycles. The summed E-state index contributed by atoms with van der Waals surface area (Å²) in [5.74, 6) is 0.741. The van der Waals surface area contributed by atoms with E-state index in [0.29, 0.717) is 19.1 Å². The van der Waals surface area contributed by atoms with Gasteiger partial charge >= 0.3 is 0 Å². The summed E-state index contributed by atoms with van der Waals surface area (Å²) in [6.07, 6.45) is 7.94. The third kappa shape index (κ3) is 9.21. The van der Waals surface area contributed by atoms with E-state index in [1.165, 1.54) is 17.7 Å². The Morgan fingerprint density at radius 2 is 1.83 bits per heavy atom. The van der Waals surface area contributed by atoms with E-state index < -0.39 is 0 Å². The number of rotatable bonds is 14. The van der Waals surface area contributed by atoms with Gasteiger partial charge < -0.3 is 24.4 Å². The summed E-state index contributed by atoms with van der Waals surface area (Å²) in [4.78, 5) is 18.3. The zero-order valence-electron chi connectivity index (χ0n) is 28.1. The first-order valence-electron chi connectivity index (χ1n) is 17.1. The number of amides is 1. The van der Waals surface area contributed by atoms with Gasteiger partial charge in [0.15, 0.2) is 6.29 Å². The van der Waals surface area contributed by atoms with Gasteiger partial charge in [-0.2, -0.15) is 0 Å². The molecule has 1 fully saturated rings. The van der Waals surface area contributed by atoms with Crippen LogP contribution in [0.2, 0.25) is 0 Å². The molecule has 3 aromatic carbocycles. The Labute approximate surface area is 275 Å². The number of fused-ring (bicyclic) bond motifs is 1. The van der Waals surface area contributed by atoms with Crippen molar-refractivity contribution in [2.75, 3.05) is 50.2 Å². The lowest BCUT2D eigenvalue weighted by molar-refractivity contribution is -0.112. The molecule has 2 aliphatic rings. The number of carbonyl (C=O) groups is 1. The molecule has 1 amide bonds. The van der Waals surface area contributed by atoms with Crippen molar-refractivity contribution in [3.05, 3.63) is 83.4 Å². The minimum atomic E-state index is -0.287. The van der Waals surface area contributed by atoms with Crippen LogP contribution >= 0.6 is 0 Å². The van der Waals surface area contributed by atoms with E-state index in [2.05, 4.69) is 84.6 Å². The molecule has 2 aliphatic heterocycles. The third-order valence-corrected chi connectivity index (χ3v) is 8.88. The monoisotopic (exact) mass is 625 g/mol. The molecule has 0 spiro atoms. The zero-order valence-corrected chi connectivity index (χ0v) is 28.1. The lowest BCUT2D eigenvalue weighted by Crippen LogP contribution is -2.37.